The molecule has 0 amide bonds. The van der Waals surface area contributed by atoms with Gasteiger partial charge < -0.3 is 4.74 Å². The van der Waals surface area contributed by atoms with Crippen LogP contribution in [0.1, 0.15) is 16.8 Å². The molecule has 4 nitrogen and oxygen atoms in total. The van der Waals surface area contributed by atoms with Gasteiger partial charge in [0.15, 0.2) is 0 Å². The molecule has 6 heteroatoms. The van der Waals surface area contributed by atoms with Gasteiger partial charge in [0.25, 0.3) is 0 Å². The molecule has 0 bridgehead atoms. The van der Waals surface area contributed by atoms with Gasteiger partial charge in [0.1, 0.15) is 12.4 Å². The fourth-order valence-electron chi connectivity index (χ4n) is 2.04. The molecule has 1 heterocycles. The van der Waals surface area contributed by atoms with Crippen LogP contribution in [0.5, 0.6) is 5.75 Å². The van der Waals surface area contributed by atoms with Crippen LogP contribution >= 0.6 is 27.3 Å². The first-order chi connectivity index (χ1) is 11.7. The fraction of sp³-hybridized carbons (Fsp3) is 0.111. The van der Waals surface area contributed by atoms with Gasteiger partial charge in [-0.05, 0) is 30.7 Å². The molecule has 0 saturated heterocycles. The Hall–Kier alpha value is -2.18. The van der Waals surface area contributed by atoms with Gasteiger partial charge in [-0.25, -0.2) is 4.98 Å². The Morgan fingerprint density at radius 1 is 1.25 bits per heavy atom. The first-order valence-electron chi connectivity index (χ1n) is 7.38. The first-order valence-corrected chi connectivity index (χ1v) is 9.05. The second kappa shape index (κ2) is 8.08. The Balaban J connectivity index is 1.70. The summed E-state index contributed by atoms with van der Waals surface area (Å²) in [5.74, 6) is 0.772. The van der Waals surface area contributed by atoms with Gasteiger partial charge in [-0.15, -0.1) is 11.3 Å². The zero-order valence-electron chi connectivity index (χ0n) is 13.1. The second-order valence-corrected chi connectivity index (χ2v) is 6.89. The van der Waals surface area contributed by atoms with Crippen LogP contribution in [0, 0.1) is 6.92 Å². The van der Waals surface area contributed by atoms with Crippen molar-refractivity contribution < 1.29 is 4.74 Å². The third-order valence-electron chi connectivity index (χ3n) is 3.20. The molecule has 0 unspecified atom stereocenters. The largest absolute Gasteiger partial charge is 0.488 e. The number of nitrogens with one attached hydrogen (secondary N) is 1. The summed E-state index contributed by atoms with van der Waals surface area (Å²) in [6.07, 6.45) is 1.74. The van der Waals surface area contributed by atoms with E-state index in [2.05, 4.69) is 31.4 Å². The van der Waals surface area contributed by atoms with Crippen molar-refractivity contribution in [1.29, 1.82) is 0 Å². The van der Waals surface area contributed by atoms with E-state index in [0.29, 0.717) is 6.61 Å². The van der Waals surface area contributed by atoms with Crippen LogP contribution in [-0.2, 0) is 6.61 Å². The van der Waals surface area contributed by atoms with Gasteiger partial charge in [0.2, 0.25) is 5.13 Å². The molecule has 122 valence electrons. The van der Waals surface area contributed by atoms with Crippen LogP contribution < -0.4 is 10.2 Å². The van der Waals surface area contributed by atoms with Crippen molar-refractivity contribution >= 4 is 38.6 Å². The molecule has 0 aliphatic rings. The lowest BCUT2D eigenvalue weighted by Crippen LogP contribution is -1.99. The molecule has 0 atom stereocenters. The highest BCUT2D eigenvalue weighted by molar-refractivity contribution is 9.10. The lowest BCUT2D eigenvalue weighted by molar-refractivity contribution is 0.305. The van der Waals surface area contributed by atoms with Gasteiger partial charge in [0, 0.05) is 15.4 Å². The van der Waals surface area contributed by atoms with Crippen LogP contribution in [0.25, 0.3) is 0 Å². The molecular formula is C18H16BrN3OS. The average molecular weight is 402 g/mol. The summed E-state index contributed by atoms with van der Waals surface area (Å²) in [4.78, 5) is 4.31. The van der Waals surface area contributed by atoms with Crippen LogP contribution in [0.3, 0.4) is 0 Å². The monoisotopic (exact) mass is 401 g/mol. The van der Waals surface area contributed by atoms with E-state index in [1.165, 1.54) is 11.3 Å². The molecule has 0 aliphatic carbocycles. The molecule has 0 aliphatic heterocycles. The minimum atomic E-state index is 0.511. The number of aromatic nitrogens is 1. The molecule has 24 heavy (non-hydrogen) atoms. The van der Waals surface area contributed by atoms with Gasteiger partial charge in [-0.2, -0.15) is 5.10 Å². The quantitative estimate of drug-likeness (QED) is 0.453. The maximum absolute atomic E-state index is 5.95. The molecule has 0 radical (unpaired) electrons. The zero-order valence-corrected chi connectivity index (χ0v) is 15.5. The van der Waals surface area contributed by atoms with Gasteiger partial charge in [0.05, 0.1) is 11.9 Å². The van der Waals surface area contributed by atoms with Gasteiger partial charge in [-0.1, -0.05) is 46.3 Å². The van der Waals surface area contributed by atoms with Crippen molar-refractivity contribution in [3.8, 4) is 5.75 Å². The minimum Gasteiger partial charge on any atom is -0.488 e. The number of anilines is 1. The molecule has 0 saturated carbocycles. The first kappa shape index (κ1) is 16.7. The maximum atomic E-state index is 5.95. The van der Waals surface area contributed by atoms with E-state index in [1.807, 2.05) is 60.8 Å². The van der Waals surface area contributed by atoms with Crippen LogP contribution in [0.2, 0.25) is 0 Å². The highest BCUT2D eigenvalue weighted by atomic mass is 79.9. The summed E-state index contributed by atoms with van der Waals surface area (Å²) in [6, 6.07) is 15.9. The van der Waals surface area contributed by atoms with Gasteiger partial charge in [-0.3, -0.25) is 5.43 Å². The predicted octanol–water partition coefficient (Wildman–Crippen LogP) is 5.24. The number of ether oxygens (including phenoxy) is 1. The lowest BCUT2D eigenvalue weighted by Gasteiger charge is -2.09. The molecule has 3 aromatic rings. The second-order valence-electron chi connectivity index (χ2n) is 5.12. The zero-order chi connectivity index (χ0) is 16.8. The number of thiazole rings is 1. The van der Waals surface area contributed by atoms with Crippen LogP contribution in [0.4, 0.5) is 5.13 Å². The Bertz CT molecular complexity index is 833. The lowest BCUT2D eigenvalue weighted by atomic mass is 10.2. The summed E-state index contributed by atoms with van der Waals surface area (Å²) < 4.78 is 6.91. The number of rotatable bonds is 6. The topological polar surface area (TPSA) is 46.5 Å². The summed E-state index contributed by atoms with van der Waals surface area (Å²) in [6.45, 7) is 2.47. The van der Waals surface area contributed by atoms with E-state index in [-0.39, 0.29) is 0 Å². The maximum Gasteiger partial charge on any atom is 0.203 e. The number of hydrogen-bond donors (Lipinski definition) is 1. The highest BCUT2D eigenvalue weighted by Gasteiger charge is 2.04. The predicted molar refractivity (Wildman–Crippen MR) is 103 cm³/mol. The molecule has 1 N–H and O–H groups in total. The third-order valence-corrected chi connectivity index (χ3v) is 4.55. The molecule has 2 aromatic carbocycles. The van der Waals surface area contributed by atoms with Crippen molar-refractivity contribution in [3.63, 3.8) is 0 Å². The Labute approximate surface area is 153 Å². The van der Waals surface area contributed by atoms with Crippen LogP contribution in [-0.4, -0.2) is 11.2 Å². The van der Waals surface area contributed by atoms with Crippen LogP contribution in [0.15, 0.2) is 63.5 Å². The van der Waals surface area contributed by atoms with E-state index in [0.717, 1.165) is 32.2 Å². The number of hydrogen-bond acceptors (Lipinski definition) is 5. The summed E-state index contributed by atoms with van der Waals surface area (Å²) in [5, 5.41) is 7.00. The number of halogens is 1. The number of nitrogens with zero attached hydrogens (tertiary/aromatic N) is 2. The smallest absolute Gasteiger partial charge is 0.203 e. The number of benzene rings is 2. The summed E-state index contributed by atoms with van der Waals surface area (Å²) >= 11 is 5.01. The average Bonchev–Trinajstić information content (AvgIpc) is 3.01. The molecule has 0 spiro atoms. The molecular weight excluding hydrogens is 386 g/mol. The fourth-order valence-corrected chi connectivity index (χ4v) is 3.01. The summed E-state index contributed by atoms with van der Waals surface area (Å²) in [7, 11) is 0. The van der Waals surface area contributed by atoms with Gasteiger partial charge >= 0.3 is 0 Å². The van der Waals surface area contributed by atoms with Crippen molar-refractivity contribution in [2.75, 3.05) is 5.43 Å². The summed E-state index contributed by atoms with van der Waals surface area (Å²) in [5.41, 5.74) is 5.94. The molecule has 3 rings (SSSR count). The normalized spacial score (nSPS) is 10.9. The van der Waals surface area contributed by atoms with E-state index in [9.17, 15) is 0 Å². The Kier molecular flexibility index (Phi) is 5.61. The molecule has 1 aromatic heterocycles. The highest BCUT2D eigenvalue weighted by Crippen LogP contribution is 2.24. The molecule has 0 fully saturated rings. The van der Waals surface area contributed by atoms with Crippen molar-refractivity contribution in [1.82, 2.24) is 4.98 Å². The SMILES string of the molecule is Cc1csc(NN=Cc2ccc(Br)cc2OCc2ccccc2)n1. The Morgan fingerprint density at radius 3 is 2.83 bits per heavy atom. The van der Waals surface area contributed by atoms with Crippen molar-refractivity contribution in [2.24, 2.45) is 5.10 Å². The number of aryl methyl sites for hydroxylation is 1. The van der Waals surface area contributed by atoms with E-state index >= 15 is 0 Å². The standard InChI is InChI=1S/C18H16BrN3OS/c1-13-12-24-18(21-13)22-20-10-15-7-8-16(19)9-17(15)23-11-14-5-3-2-4-6-14/h2-10,12H,11H2,1H3,(H,21,22). The van der Waals surface area contributed by atoms with E-state index in [4.69, 9.17) is 4.74 Å². The van der Waals surface area contributed by atoms with Crippen molar-refractivity contribution in [2.45, 2.75) is 13.5 Å². The number of hydrazone groups is 1. The van der Waals surface area contributed by atoms with Crippen molar-refractivity contribution in [3.05, 3.63) is 75.2 Å². The minimum absolute atomic E-state index is 0.511. The Morgan fingerprint density at radius 2 is 2.08 bits per heavy atom. The van der Waals surface area contributed by atoms with E-state index in [1.54, 1.807) is 6.21 Å². The van der Waals surface area contributed by atoms with E-state index < -0.39 is 0 Å². The third kappa shape index (κ3) is 4.66.